The number of pyridine rings is 2. The summed E-state index contributed by atoms with van der Waals surface area (Å²) in [5, 5.41) is 0. The van der Waals surface area contributed by atoms with Gasteiger partial charge in [-0.3, -0.25) is 15.0 Å². The third-order valence-electron chi connectivity index (χ3n) is 3.79. The zero-order valence-electron chi connectivity index (χ0n) is 12.0. The molecule has 0 spiro atoms. The highest BCUT2D eigenvalue weighted by atomic mass is 19.2. The summed E-state index contributed by atoms with van der Waals surface area (Å²) in [6.07, 6.45) is 5.18. The lowest BCUT2D eigenvalue weighted by atomic mass is 9.99. The molecule has 2 aromatic heterocycles. The summed E-state index contributed by atoms with van der Waals surface area (Å²) in [7, 11) is 0. The van der Waals surface area contributed by atoms with Gasteiger partial charge in [0.25, 0.3) is 0 Å². The SMILES string of the molecule is Fc1ccc(-c2ncccc2-c2cnc3c(c2)C=NC3)cc1F. The van der Waals surface area contributed by atoms with E-state index in [1.807, 2.05) is 12.1 Å². The van der Waals surface area contributed by atoms with Crippen molar-refractivity contribution in [3.63, 3.8) is 0 Å². The molecule has 0 radical (unpaired) electrons. The van der Waals surface area contributed by atoms with Crippen molar-refractivity contribution in [1.82, 2.24) is 9.97 Å². The van der Waals surface area contributed by atoms with Crippen molar-refractivity contribution in [2.24, 2.45) is 4.99 Å². The fourth-order valence-electron chi connectivity index (χ4n) is 2.64. The van der Waals surface area contributed by atoms with E-state index in [4.69, 9.17) is 0 Å². The third-order valence-corrected chi connectivity index (χ3v) is 3.79. The first-order chi connectivity index (χ1) is 11.2. The van der Waals surface area contributed by atoms with Crippen molar-refractivity contribution < 1.29 is 8.78 Å². The molecule has 0 amide bonds. The van der Waals surface area contributed by atoms with Gasteiger partial charge in [-0.15, -0.1) is 0 Å². The second-order valence-corrected chi connectivity index (χ2v) is 5.26. The lowest BCUT2D eigenvalue weighted by Gasteiger charge is -2.10. The van der Waals surface area contributed by atoms with E-state index in [1.54, 1.807) is 24.7 Å². The molecule has 4 rings (SSSR count). The molecule has 1 aliphatic heterocycles. The minimum Gasteiger partial charge on any atom is -0.286 e. The number of benzene rings is 1. The van der Waals surface area contributed by atoms with Crippen LogP contribution in [0.15, 0.2) is 53.8 Å². The van der Waals surface area contributed by atoms with Gasteiger partial charge in [0.1, 0.15) is 0 Å². The summed E-state index contributed by atoms with van der Waals surface area (Å²) in [6.45, 7) is 0.596. The largest absolute Gasteiger partial charge is 0.286 e. The van der Waals surface area contributed by atoms with Crippen LogP contribution in [0, 0.1) is 11.6 Å². The minimum absolute atomic E-state index is 0.522. The Kier molecular flexibility index (Phi) is 3.19. The number of fused-ring (bicyclic) bond motifs is 1. The number of aliphatic imine (C=N–C) groups is 1. The summed E-state index contributed by atoms with van der Waals surface area (Å²) in [5.41, 5.74) is 4.70. The standard InChI is InChI=1S/C18H11F2N3/c19-15-4-3-11(7-16(15)20)18-14(2-1-5-22-18)12-6-13-8-21-10-17(13)23-9-12/h1-9H,10H2. The molecule has 3 nitrogen and oxygen atoms in total. The predicted molar refractivity (Wildman–Crippen MR) is 84.1 cm³/mol. The van der Waals surface area contributed by atoms with Crippen LogP contribution in [-0.2, 0) is 6.54 Å². The molecule has 0 bridgehead atoms. The first-order valence-electron chi connectivity index (χ1n) is 7.12. The predicted octanol–water partition coefficient (Wildman–Crippen LogP) is 4.02. The van der Waals surface area contributed by atoms with Gasteiger partial charge >= 0.3 is 0 Å². The second kappa shape index (κ2) is 5.35. The molecule has 1 aliphatic rings. The average molecular weight is 307 g/mol. The van der Waals surface area contributed by atoms with Crippen LogP contribution in [0.4, 0.5) is 8.78 Å². The van der Waals surface area contributed by atoms with Crippen LogP contribution in [0.2, 0.25) is 0 Å². The molecule has 112 valence electrons. The molecule has 0 atom stereocenters. The summed E-state index contributed by atoms with van der Waals surface area (Å²) in [5.74, 6) is -1.76. The van der Waals surface area contributed by atoms with Gasteiger partial charge < -0.3 is 0 Å². The lowest BCUT2D eigenvalue weighted by Crippen LogP contribution is -1.94. The van der Waals surface area contributed by atoms with E-state index in [-0.39, 0.29) is 0 Å². The molecule has 3 aromatic rings. The number of halogens is 2. The minimum atomic E-state index is -0.890. The van der Waals surface area contributed by atoms with Gasteiger partial charge in [0.15, 0.2) is 11.6 Å². The van der Waals surface area contributed by atoms with Crippen molar-refractivity contribution in [1.29, 1.82) is 0 Å². The first-order valence-corrected chi connectivity index (χ1v) is 7.12. The number of nitrogens with zero attached hydrogens (tertiary/aromatic N) is 3. The van der Waals surface area contributed by atoms with Crippen LogP contribution in [0.1, 0.15) is 11.3 Å². The zero-order valence-corrected chi connectivity index (χ0v) is 12.0. The second-order valence-electron chi connectivity index (χ2n) is 5.26. The van der Waals surface area contributed by atoms with Crippen molar-refractivity contribution in [2.75, 3.05) is 0 Å². The summed E-state index contributed by atoms with van der Waals surface area (Å²) in [4.78, 5) is 12.9. The molecule has 23 heavy (non-hydrogen) atoms. The zero-order chi connectivity index (χ0) is 15.8. The summed E-state index contributed by atoms with van der Waals surface area (Å²) < 4.78 is 26.7. The highest BCUT2D eigenvalue weighted by Crippen LogP contribution is 2.31. The first kappa shape index (κ1) is 13.7. The third kappa shape index (κ3) is 2.40. The summed E-state index contributed by atoms with van der Waals surface area (Å²) >= 11 is 0. The Morgan fingerprint density at radius 1 is 0.913 bits per heavy atom. The quantitative estimate of drug-likeness (QED) is 0.717. The topological polar surface area (TPSA) is 38.1 Å². The Morgan fingerprint density at radius 3 is 2.70 bits per heavy atom. The fraction of sp³-hybridized carbons (Fsp3) is 0.0556. The fourth-order valence-corrected chi connectivity index (χ4v) is 2.64. The number of hydrogen-bond donors (Lipinski definition) is 0. The maximum atomic E-state index is 13.5. The lowest BCUT2D eigenvalue weighted by molar-refractivity contribution is 0.509. The maximum absolute atomic E-state index is 13.5. The molecule has 5 heteroatoms. The van der Waals surface area contributed by atoms with E-state index in [0.29, 0.717) is 17.8 Å². The number of rotatable bonds is 2. The van der Waals surface area contributed by atoms with Crippen molar-refractivity contribution in [2.45, 2.75) is 6.54 Å². The molecule has 0 aliphatic carbocycles. The van der Waals surface area contributed by atoms with Gasteiger partial charge in [-0.25, -0.2) is 8.78 Å². The van der Waals surface area contributed by atoms with Gasteiger partial charge in [-0.1, -0.05) is 6.07 Å². The number of aromatic nitrogens is 2. The number of hydrogen-bond acceptors (Lipinski definition) is 3. The van der Waals surface area contributed by atoms with E-state index in [2.05, 4.69) is 15.0 Å². The van der Waals surface area contributed by atoms with Crippen LogP contribution < -0.4 is 0 Å². The smallest absolute Gasteiger partial charge is 0.159 e. The van der Waals surface area contributed by atoms with Crippen LogP contribution >= 0.6 is 0 Å². The van der Waals surface area contributed by atoms with Crippen molar-refractivity contribution >= 4 is 6.21 Å². The average Bonchev–Trinajstić information content (AvgIpc) is 3.05. The molecule has 0 N–H and O–H groups in total. The molecule has 0 fully saturated rings. The molecular weight excluding hydrogens is 296 g/mol. The van der Waals surface area contributed by atoms with E-state index in [0.717, 1.165) is 34.5 Å². The normalized spacial score (nSPS) is 12.4. The van der Waals surface area contributed by atoms with Gasteiger partial charge in [0.2, 0.25) is 0 Å². The molecule has 3 heterocycles. The summed E-state index contributed by atoms with van der Waals surface area (Å²) in [6, 6.07) is 9.46. The highest BCUT2D eigenvalue weighted by molar-refractivity contribution is 5.88. The molecule has 0 unspecified atom stereocenters. The van der Waals surface area contributed by atoms with Crippen molar-refractivity contribution in [3.05, 3.63) is 71.7 Å². The van der Waals surface area contributed by atoms with E-state index in [1.165, 1.54) is 6.07 Å². The maximum Gasteiger partial charge on any atom is 0.159 e. The van der Waals surface area contributed by atoms with Crippen LogP contribution in [-0.4, -0.2) is 16.2 Å². The highest BCUT2D eigenvalue weighted by Gasteiger charge is 2.14. The van der Waals surface area contributed by atoms with Gasteiger partial charge in [-0.2, -0.15) is 0 Å². The molecule has 0 saturated carbocycles. The van der Waals surface area contributed by atoms with E-state index >= 15 is 0 Å². The van der Waals surface area contributed by atoms with E-state index in [9.17, 15) is 8.78 Å². The molecule has 0 saturated heterocycles. The van der Waals surface area contributed by atoms with Crippen LogP contribution in [0.3, 0.4) is 0 Å². The Labute approximate surface area is 131 Å². The van der Waals surface area contributed by atoms with E-state index < -0.39 is 11.6 Å². The van der Waals surface area contributed by atoms with Crippen molar-refractivity contribution in [3.8, 4) is 22.4 Å². The Morgan fingerprint density at radius 2 is 1.83 bits per heavy atom. The Balaban J connectivity index is 1.87. The Bertz CT molecular complexity index is 935. The monoisotopic (exact) mass is 307 g/mol. The van der Waals surface area contributed by atoms with Crippen LogP contribution in [0.25, 0.3) is 22.4 Å². The van der Waals surface area contributed by atoms with Gasteiger partial charge in [-0.05, 0) is 30.3 Å². The Hall–Kier alpha value is -2.95. The van der Waals surface area contributed by atoms with Gasteiger partial charge in [0, 0.05) is 40.9 Å². The van der Waals surface area contributed by atoms with Gasteiger partial charge in [0.05, 0.1) is 17.9 Å². The van der Waals surface area contributed by atoms with Crippen LogP contribution in [0.5, 0.6) is 0 Å². The molecule has 1 aromatic carbocycles. The molecular formula is C18H11F2N3.